The summed E-state index contributed by atoms with van der Waals surface area (Å²) in [6.45, 7) is 4.58. The number of hydrogen-bond donors (Lipinski definition) is 2. The molecule has 0 bridgehead atoms. The van der Waals surface area contributed by atoms with Crippen LogP contribution in [0.4, 0.5) is 0 Å². The van der Waals surface area contributed by atoms with Crippen LogP contribution in [0.15, 0.2) is 11.3 Å². The molecule has 0 aromatic rings. The van der Waals surface area contributed by atoms with Gasteiger partial charge in [0.1, 0.15) is 0 Å². The zero-order valence-corrected chi connectivity index (χ0v) is 13.8. The summed E-state index contributed by atoms with van der Waals surface area (Å²) in [6, 6.07) is 0. The van der Waals surface area contributed by atoms with Crippen molar-refractivity contribution in [2.75, 3.05) is 0 Å². The number of carbonyl (C=O) groups is 1. The van der Waals surface area contributed by atoms with E-state index in [1.165, 1.54) is 0 Å². The van der Waals surface area contributed by atoms with Crippen molar-refractivity contribution < 1.29 is 15.0 Å². The second kappa shape index (κ2) is 4.59. The average Bonchev–Trinajstić information content (AvgIpc) is 2.79. The van der Waals surface area contributed by atoms with Gasteiger partial charge < -0.3 is 10.2 Å². The summed E-state index contributed by atoms with van der Waals surface area (Å²) in [4.78, 5) is 11.9. The van der Waals surface area contributed by atoms with Crippen molar-refractivity contribution in [3.05, 3.63) is 11.3 Å². The first-order chi connectivity index (χ1) is 10.4. The van der Waals surface area contributed by atoms with E-state index in [2.05, 4.69) is 13.8 Å². The predicted molar refractivity (Wildman–Crippen MR) is 84.3 cm³/mol. The summed E-state index contributed by atoms with van der Waals surface area (Å²) >= 11 is 0. The van der Waals surface area contributed by atoms with E-state index >= 15 is 0 Å². The molecule has 2 N–H and O–H groups in total. The number of aliphatic hydroxyl groups excluding tert-OH is 2. The van der Waals surface area contributed by atoms with Crippen LogP contribution >= 0.6 is 0 Å². The van der Waals surface area contributed by atoms with Crippen LogP contribution in [0.25, 0.3) is 0 Å². The second-order valence-electron chi connectivity index (χ2n) is 8.72. The Balaban J connectivity index is 1.72. The molecule has 0 aromatic carbocycles. The lowest BCUT2D eigenvalue weighted by molar-refractivity contribution is -0.122. The van der Waals surface area contributed by atoms with Crippen LogP contribution in [-0.4, -0.2) is 22.1 Å². The molecule has 4 rings (SSSR count). The standard InChI is InChI=1S/C19H28O3/c1-18-10-8-15(20)17(22)14(18)4-3-11-12-5-6-16(21)19(12,2)9-7-13(11)18/h11-13,16,21-22H,3-10H2,1-2H3/t11-,12-,13+,16?,18+,19-/m0/s1. The number of fused-ring (bicyclic) bond motifs is 5. The van der Waals surface area contributed by atoms with Gasteiger partial charge in [0.25, 0.3) is 0 Å². The molecule has 122 valence electrons. The van der Waals surface area contributed by atoms with Crippen LogP contribution in [0.5, 0.6) is 0 Å². The normalized spacial score (nSPS) is 51.3. The largest absolute Gasteiger partial charge is 0.504 e. The Bertz CT molecular complexity index is 551. The van der Waals surface area contributed by atoms with E-state index in [0.717, 1.165) is 50.5 Å². The third-order valence-corrected chi connectivity index (χ3v) is 8.04. The van der Waals surface area contributed by atoms with Crippen molar-refractivity contribution in [1.29, 1.82) is 0 Å². The van der Waals surface area contributed by atoms with E-state index in [-0.39, 0.29) is 28.5 Å². The fourth-order valence-corrected chi connectivity index (χ4v) is 6.66. The number of aliphatic hydroxyl groups is 2. The van der Waals surface area contributed by atoms with Crippen molar-refractivity contribution in [2.45, 2.75) is 71.3 Å². The van der Waals surface area contributed by atoms with Gasteiger partial charge >= 0.3 is 0 Å². The van der Waals surface area contributed by atoms with Gasteiger partial charge in [-0.15, -0.1) is 0 Å². The molecule has 3 nitrogen and oxygen atoms in total. The molecule has 0 saturated heterocycles. The molecule has 0 heterocycles. The SMILES string of the molecule is C[C@]12CCC(=O)C(O)=C1CC[C@@H]1[C@H]2CC[C@]2(C)C(O)CC[C@@H]12. The number of Topliss-reactive ketones (excluding diaryl/α,β-unsaturated/α-hetero) is 1. The van der Waals surface area contributed by atoms with Crippen LogP contribution in [-0.2, 0) is 4.79 Å². The monoisotopic (exact) mass is 304 g/mol. The number of hydrogen-bond acceptors (Lipinski definition) is 3. The number of rotatable bonds is 0. The molecule has 3 fully saturated rings. The molecule has 3 heteroatoms. The van der Waals surface area contributed by atoms with E-state index in [1.807, 2.05) is 0 Å². The fourth-order valence-electron chi connectivity index (χ4n) is 6.66. The molecule has 3 saturated carbocycles. The van der Waals surface area contributed by atoms with Crippen molar-refractivity contribution in [1.82, 2.24) is 0 Å². The van der Waals surface area contributed by atoms with E-state index < -0.39 is 0 Å². The molecule has 0 radical (unpaired) electrons. The Hall–Kier alpha value is -0.830. The van der Waals surface area contributed by atoms with Crippen LogP contribution in [0.2, 0.25) is 0 Å². The lowest BCUT2D eigenvalue weighted by Gasteiger charge is -2.57. The first kappa shape index (κ1) is 14.7. The molecule has 0 amide bonds. The number of ketones is 1. The number of allylic oxidation sites excluding steroid dienone is 1. The maximum absolute atomic E-state index is 11.9. The molecular formula is C19H28O3. The number of carbonyl (C=O) groups excluding carboxylic acids is 1. The van der Waals surface area contributed by atoms with Gasteiger partial charge in [-0.25, -0.2) is 0 Å². The van der Waals surface area contributed by atoms with E-state index in [0.29, 0.717) is 24.2 Å². The summed E-state index contributed by atoms with van der Waals surface area (Å²) in [5, 5.41) is 20.8. The molecule has 0 aliphatic heterocycles. The van der Waals surface area contributed by atoms with E-state index in [4.69, 9.17) is 0 Å². The Kier molecular flexibility index (Phi) is 3.08. The summed E-state index contributed by atoms with van der Waals surface area (Å²) in [6.07, 6.45) is 7.56. The summed E-state index contributed by atoms with van der Waals surface area (Å²) in [7, 11) is 0. The van der Waals surface area contributed by atoms with Crippen molar-refractivity contribution in [2.24, 2.45) is 28.6 Å². The van der Waals surface area contributed by atoms with E-state index in [9.17, 15) is 15.0 Å². The summed E-state index contributed by atoms with van der Waals surface area (Å²) in [5.41, 5.74) is 1.16. The van der Waals surface area contributed by atoms with Crippen molar-refractivity contribution in [3.8, 4) is 0 Å². The van der Waals surface area contributed by atoms with Crippen molar-refractivity contribution >= 4 is 5.78 Å². The van der Waals surface area contributed by atoms with Gasteiger partial charge in [0.2, 0.25) is 0 Å². The molecule has 4 aliphatic rings. The van der Waals surface area contributed by atoms with Crippen LogP contribution in [0, 0.1) is 28.6 Å². The first-order valence-electron chi connectivity index (χ1n) is 9.02. The van der Waals surface area contributed by atoms with Gasteiger partial charge in [0.15, 0.2) is 11.5 Å². The summed E-state index contributed by atoms with van der Waals surface area (Å²) in [5.74, 6) is 1.90. The highest BCUT2D eigenvalue weighted by atomic mass is 16.3. The minimum absolute atomic E-state index is 0.00970. The van der Waals surface area contributed by atoms with Crippen LogP contribution in [0.3, 0.4) is 0 Å². The molecular weight excluding hydrogens is 276 g/mol. The third-order valence-electron chi connectivity index (χ3n) is 8.04. The molecule has 22 heavy (non-hydrogen) atoms. The first-order valence-corrected chi connectivity index (χ1v) is 9.02. The van der Waals surface area contributed by atoms with Crippen molar-refractivity contribution in [3.63, 3.8) is 0 Å². The van der Waals surface area contributed by atoms with Gasteiger partial charge in [-0.2, -0.15) is 0 Å². The Morgan fingerprint density at radius 1 is 1.00 bits per heavy atom. The van der Waals surface area contributed by atoms with E-state index in [1.54, 1.807) is 0 Å². The van der Waals surface area contributed by atoms with Gasteiger partial charge in [0.05, 0.1) is 6.10 Å². The zero-order valence-electron chi connectivity index (χ0n) is 13.8. The van der Waals surface area contributed by atoms with Gasteiger partial charge in [-0.1, -0.05) is 13.8 Å². The maximum atomic E-state index is 11.9. The molecule has 1 unspecified atom stereocenters. The minimum atomic E-state index is -0.135. The smallest absolute Gasteiger partial charge is 0.197 e. The highest BCUT2D eigenvalue weighted by Crippen LogP contribution is 2.65. The lowest BCUT2D eigenvalue weighted by atomic mass is 9.47. The average molecular weight is 304 g/mol. The summed E-state index contributed by atoms with van der Waals surface area (Å²) < 4.78 is 0. The topological polar surface area (TPSA) is 57.5 Å². The van der Waals surface area contributed by atoms with Gasteiger partial charge in [-0.05, 0) is 79.1 Å². The fraction of sp³-hybridized carbons (Fsp3) is 0.842. The zero-order chi connectivity index (χ0) is 15.7. The molecule has 0 spiro atoms. The van der Waals surface area contributed by atoms with Gasteiger partial charge in [-0.3, -0.25) is 4.79 Å². The van der Waals surface area contributed by atoms with Crippen LogP contribution < -0.4 is 0 Å². The second-order valence-corrected chi connectivity index (χ2v) is 8.72. The molecule has 4 aliphatic carbocycles. The third kappa shape index (κ3) is 1.69. The highest BCUT2D eigenvalue weighted by Gasteiger charge is 2.59. The Labute approximate surface area is 132 Å². The van der Waals surface area contributed by atoms with Crippen LogP contribution in [0.1, 0.15) is 65.2 Å². The lowest BCUT2D eigenvalue weighted by Crippen LogP contribution is -2.51. The quantitative estimate of drug-likeness (QED) is 0.716. The predicted octanol–water partition coefficient (Wildman–Crippen LogP) is 3.76. The minimum Gasteiger partial charge on any atom is -0.504 e. The Morgan fingerprint density at radius 3 is 2.55 bits per heavy atom. The molecule has 6 atom stereocenters. The Morgan fingerprint density at radius 2 is 1.77 bits per heavy atom. The maximum Gasteiger partial charge on any atom is 0.197 e. The molecule has 0 aromatic heterocycles. The highest BCUT2D eigenvalue weighted by molar-refractivity contribution is 5.95. The van der Waals surface area contributed by atoms with Gasteiger partial charge in [0, 0.05) is 6.42 Å².